The zero-order chi connectivity index (χ0) is 25.0. The van der Waals surface area contributed by atoms with Gasteiger partial charge in [-0.1, -0.05) is 27.9 Å². The molecule has 2 aliphatic heterocycles. The van der Waals surface area contributed by atoms with Gasteiger partial charge < -0.3 is 20.1 Å². The number of pyridine rings is 1. The second kappa shape index (κ2) is 10.7. The fraction of sp³-hybridized carbons (Fsp3) is 0.296. The molecular weight excluding hydrogens is 522 g/mol. The summed E-state index contributed by atoms with van der Waals surface area (Å²) in [5.41, 5.74) is 3.13. The van der Waals surface area contributed by atoms with Crippen LogP contribution in [0.5, 0.6) is 0 Å². The van der Waals surface area contributed by atoms with Gasteiger partial charge in [0.15, 0.2) is 5.79 Å². The van der Waals surface area contributed by atoms with Crippen molar-refractivity contribution in [3.63, 3.8) is 0 Å². The summed E-state index contributed by atoms with van der Waals surface area (Å²) in [5.74, 6) is 4.84. The first-order valence-electron chi connectivity index (χ1n) is 11.7. The number of nitrogens with one attached hydrogen (secondary N) is 2. The van der Waals surface area contributed by atoms with Crippen molar-refractivity contribution in [3.05, 3.63) is 58.7 Å². The number of fused-ring (bicyclic) bond motifs is 1. The van der Waals surface area contributed by atoms with Crippen LogP contribution < -0.4 is 10.6 Å². The Morgan fingerprint density at radius 1 is 1.14 bits per heavy atom. The van der Waals surface area contributed by atoms with Crippen LogP contribution in [0.2, 0.25) is 0 Å². The number of nitrogens with zero attached hydrogens (tertiary/aromatic N) is 3. The predicted octanol–water partition coefficient (Wildman–Crippen LogP) is 4.39. The second-order valence-corrected chi connectivity index (χ2v) is 9.58. The monoisotopic (exact) mass is 545 g/mol. The number of carbonyl (C=O) groups excluding carboxylic acids is 1. The van der Waals surface area contributed by atoms with E-state index in [-0.39, 0.29) is 0 Å². The van der Waals surface area contributed by atoms with E-state index in [1.807, 2.05) is 30.3 Å². The first-order chi connectivity index (χ1) is 17.5. The molecule has 1 amide bonds. The molecule has 2 aliphatic rings. The first kappa shape index (κ1) is 24.2. The van der Waals surface area contributed by atoms with Crippen LogP contribution in [0.4, 0.5) is 17.1 Å². The van der Waals surface area contributed by atoms with Crippen molar-refractivity contribution in [2.24, 2.45) is 0 Å². The van der Waals surface area contributed by atoms with Gasteiger partial charge in [-0.25, -0.2) is 0 Å². The minimum absolute atomic E-state index is 0.392. The van der Waals surface area contributed by atoms with Crippen molar-refractivity contribution in [2.75, 3.05) is 43.5 Å². The van der Waals surface area contributed by atoms with Crippen LogP contribution in [0.3, 0.4) is 0 Å². The maximum Gasteiger partial charge on any atom is 0.300 e. The van der Waals surface area contributed by atoms with E-state index in [0.717, 1.165) is 41.5 Å². The number of ether oxygens (including phenoxy) is 2. The molecule has 1 spiro atoms. The van der Waals surface area contributed by atoms with E-state index >= 15 is 0 Å². The third-order valence-electron chi connectivity index (χ3n) is 6.28. The van der Waals surface area contributed by atoms with Crippen molar-refractivity contribution < 1.29 is 14.3 Å². The first-order valence-corrected chi connectivity index (χ1v) is 12.5. The zero-order valence-electron chi connectivity index (χ0n) is 19.5. The fourth-order valence-electron chi connectivity index (χ4n) is 4.43. The van der Waals surface area contributed by atoms with Gasteiger partial charge in [-0.3, -0.25) is 14.7 Å². The molecule has 9 heteroatoms. The Morgan fingerprint density at radius 3 is 2.69 bits per heavy atom. The summed E-state index contributed by atoms with van der Waals surface area (Å²) in [4.78, 5) is 19.1. The van der Waals surface area contributed by atoms with Crippen LogP contribution in [-0.2, 0) is 14.3 Å². The summed E-state index contributed by atoms with van der Waals surface area (Å²) in [5, 5.41) is 16.5. The molecule has 0 bridgehead atoms. The van der Waals surface area contributed by atoms with E-state index in [9.17, 15) is 10.1 Å². The number of anilines is 3. The molecule has 0 unspecified atom stereocenters. The minimum Gasteiger partial charge on any atom is -0.354 e. The number of benzene rings is 2. The van der Waals surface area contributed by atoms with Gasteiger partial charge in [-0.15, -0.1) is 0 Å². The normalized spacial score (nSPS) is 16.8. The Kier molecular flexibility index (Phi) is 7.17. The highest BCUT2D eigenvalue weighted by atomic mass is 79.9. The number of amides is 1. The topological polar surface area (TPSA) is 99.5 Å². The molecule has 2 saturated heterocycles. The lowest BCUT2D eigenvalue weighted by Crippen LogP contribution is -2.45. The molecule has 2 fully saturated rings. The number of nitriles is 1. The third kappa shape index (κ3) is 5.51. The van der Waals surface area contributed by atoms with E-state index < -0.39 is 11.7 Å². The van der Waals surface area contributed by atoms with Gasteiger partial charge in [0.25, 0.3) is 5.91 Å². The van der Waals surface area contributed by atoms with E-state index in [4.69, 9.17) is 9.47 Å². The van der Waals surface area contributed by atoms with Gasteiger partial charge >= 0.3 is 0 Å². The Morgan fingerprint density at radius 2 is 1.94 bits per heavy atom. The smallest absolute Gasteiger partial charge is 0.300 e. The van der Waals surface area contributed by atoms with Gasteiger partial charge in [0, 0.05) is 53.4 Å². The van der Waals surface area contributed by atoms with E-state index in [0.29, 0.717) is 42.2 Å². The molecule has 2 aromatic carbocycles. The molecular formula is C27H24BrN5O3. The summed E-state index contributed by atoms with van der Waals surface area (Å²) in [6, 6.07) is 15.2. The highest BCUT2D eigenvalue weighted by Gasteiger charge is 2.39. The van der Waals surface area contributed by atoms with Crippen LogP contribution in [-0.4, -0.2) is 54.4 Å². The standard InChI is InChI=1S/C27H24BrN5O3/c28-20-3-1-4-21(15-20)32-26-19(17-29)18-30-24-7-6-22(16-23(24)26)31-25(34)5-2-10-33-11-8-27(9-12-33)35-13-14-36-27/h1,3-4,6-7,15-16,18H,8-14H2,(H,30,32)(H,31,34). The van der Waals surface area contributed by atoms with Crippen LogP contribution >= 0.6 is 15.9 Å². The average Bonchev–Trinajstić information content (AvgIpc) is 3.33. The highest BCUT2D eigenvalue weighted by molar-refractivity contribution is 9.10. The largest absolute Gasteiger partial charge is 0.354 e. The molecule has 3 aromatic rings. The van der Waals surface area contributed by atoms with Crippen LogP contribution in [0.15, 0.2) is 53.1 Å². The molecule has 0 saturated carbocycles. The molecule has 0 aliphatic carbocycles. The zero-order valence-corrected chi connectivity index (χ0v) is 21.1. The maximum absolute atomic E-state index is 12.5. The Balaban J connectivity index is 1.27. The highest BCUT2D eigenvalue weighted by Crippen LogP contribution is 2.32. The lowest BCUT2D eigenvalue weighted by atomic mass is 10.0. The third-order valence-corrected chi connectivity index (χ3v) is 6.77. The molecule has 2 N–H and O–H groups in total. The second-order valence-electron chi connectivity index (χ2n) is 8.67. The number of hydrogen-bond acceptors (Lipinski definition) is 7. The quantitative estimate of drug-likeness (QED) is 0.469. The van der Waals surface area contributed by atoms with E-state index in [1.165, 1.54) is 0 Å². The summed E-state index contributed by atoms with van der Waals surface area (Å²) >= 11 is 3.47. The average molecular weight is 546 g/mol. The van der Waals surface area contributed by atoms with Gasteiger partial charge in [-0.05, 0) is 42.3 Å². The lowest BCUT2D eigenvalue weighted by Gasteiger charge is -2.36. The number of hydrogen-bond donors (Lipinski definition) is 2. The van der Waals surface area contributed by atoms with Crippen LogP contribution in [0.25, 0.3) is 10.9 Å². The minimum atomic E-state index is -0.414. The SMILES string of the molecule is N#Cc1cnc2ccc(NC(=O)C#CCN3CCC4(CC3)OCCO4)cc2c1Nc1cccc(Br)c1. The van der Waals surface area contributed by atoms with Crippen LogP contribution in [0, 0.1) is 23.2 Å². The van der Waals surface area contributed by atoms with Crippen molar-refractivity contribution in [3.8, 4) is 17.9 Å². The van der Waals surface area contributed by atoms with E-state index in [2.05, 4.69) is 54.4 Å². The van der Waals surface area contributed by atoms with Crippen molar-refractivity contribution in [1.29, 1.82) is 5.26 Å². The number of likely N-dealkylation sites (tertiary alicyclic amines) is 1. The summed E-state index contributed by atoms with van der Waals surface area (Å²) < 4.78 is 12.4. The Labute approximate surface area is 217 Å². The van der Waals surface area contributed by atoms with Gasteiger partial charge in [-0.2, -0.15) is 5.26 Å². The molecule has 1 aromatic heterocycles. The summed E-state index contributed by atoms with van der Waals surface area (Å²) in [7, 11) is 0. The van der Waals surface area contributed by atoms with Crippen LogP contribution in [0.1, 0.15) is 18.4 Å². The van der Waals surface area contributed by atoms with E-state index in [1.54, 1.807) is 18.3 Å². The number of halogens is 1. The fourth-order valence-corrected chi connectivity index (χ4v) is 4.83. The lowest BCUT2D eigenvalue weighted by molar-refractivity contribution is -0.184. The van der Waals surface area contributed by atoms with Crippen molar-refractivity contribution in [2.45, 2.75) is 18.6 Å². The molecule has 8 nitrogen and oxygen atoms in total. The number of aromatic nitrogens is 1. The molecule has 36 heavy (non-hydrogen) atoms. The molecule has 0 radical (unpaired) electrons. The van der Waals surface area contributed by atoms with Crippen molar-refractivity contribution >= 4 is 49.8 Å². The number of carbonyl (C=O) groups is 1. The number of piperidine rings is 1. The molecule has 0 atom stereocenters. The van der Waals surface area contributed by atoms with Gasteiger partial charge in [0.05, 0.1) is 36.5 Å². The van der Waals surface area contributed by atoms with Gasteiger partial charge in [0.2, 0.25) is 0 Å². The summed E-state index contributed by atoms with van der Waals surface area (Å²) in [6.45, 7) is 3.47. The van der Waals surface area contributed by atoms with Gasteiger partial charge in [0.1, 0.15) is 6.07 Å². The molecule has 3 heterocycles. The molecule has 5 rings (SSSR count). The van der Waals surface area contributed by atoms with Crippen molar-refractivity contribution in [1.82, 2.24) is 9.88 Å². The number of rotatable bonds is 4. The maximum atomic E-state index is 12.5. The Hall–Kier alpha value is -3.47. The molecule has 182 valence electrons. The predicted molar refractivity (Wildman–Crippen MR) is 141 cm³/mol. The Bertz CT molecular complexity index is 1390. The summed E-state index contributed by atoms with van der Waals surface area (Å²) in [6.07, 6.45) is 3.17.